The minimum Gasteiger partial charge on any atom is -0.457 e. The Balaban J connectivity index is 1.62. The first kappa shape index (κ1) is 20.4. The molecule has 0 saturated carbocycles. The molecule has 0 unspecified atom stereocenters. The fourth-order valence-electron chi connectivity index (χ4n) is 2.98. The monoisotopic (exact) mass is 431 g/mol. The predicted octanol–water partition coefficient (Wildman–Crippen LogP) is 5.64. The number of thioether (sulfide) groups is 1. The fourth-order valence-corrected chi connectivity index (χ4v) is 3.97. The summed E-state index contributed by atoms with van der Waals surface area (Å²) in [7, 11) is 0. The van der Waals surface area contributed by atoms with Gasteiger partial charge in [0, 0.05) is 30.3 Å². The summed E-state index contributed by atoms with van der Waals surface area (Å²) in [5.41, 5.74) is 1.32. The molecule has 0 bridgehead atoms. The zero-order valence-electron chi connectivity index (χ0n) is 16.3. The first-order chi connectivity index (χ1) is 15.0. The molecule has 0 radical (unpaired) electrons. The van der Waals surface area contributed by atoms with Gasteiger partial charge in [0.15, 0.2) is 5.17 Å². The van der Waals surface area contributed by atoms with Crippen LogP contribution in [0.4, 0.5) is 11.4 Å². The molecule has 0 spiro atoms. The van der Waals surface area contributed by atoms with E-state index in [1.807, 2.05) is 30.3 Å². The Labute approximate surface area is 182 Å². The van der Waals surface area contributed by atoms with Gasteiger partial charge in [-0.15, -0.1) is 6.58 Å². The summed E-state index contributed by atoms with van der Waals surface area (Å²) in [6, 6.07) is 19.0. The molecule has 1 saturated heterocycles. The largest absolute Gasteiger partial charge is 0.457 e. The minimum atomic E-state index is -0.453. The molecule has 154 valence electrons. The lowest BCUT2D eigenvalue weighted by molar-refractivity contribution is -0.384. The molecule has 0 aliphatic carbocycles. The summed E-state index contributed by atoms with van der Waals surface area (Å²) in [4.78, 5) is 30.0. The van der Waals surface area contributed by atoms with E-state index < -0.39 is 4.92 Å². The van der Waals surface area contributed by atoms with Gasteiger partial charge in [0.2, 0.25) is 0 Å². The third kappa shape index (κ3) is 4.49. The average molecular weight is 431 g/mol. The van der Waals surface area contributed by atoms with Gasteiger partial charge in [-0.1, -0.05) is 36.4 Å². The van der Waals surface area contributed by atoms with E-state index in [0.29, 0.717) is 33.7 Å². The molecule has 1 aliphatic rings. The molecule has 8 heteroatoms. The Kier molecular flexibility index (Phi) is 5.81. The van der Waals surface area contributed by atoms with Crippen LogP contribution < -0.4 is 0 Å². The van der Waals surface area contributed by atoms with Crippen molar-refractivity contribution in [2.24, 2.45) is 4.99 Å². The van der Waals surface area contributed by atoms with E-state index in [0.717, 1.165) is 5.69 Å². The SMILES string of the molecule is C=CCN1C(=O)/C(=C\c2ccc(-c3cccc([N+](=O)[O-])c3)o2)SC1=Nc1ccccc1. The smallest absolute Gasteiger partial charge is 0.270 e. The maximum absolute atomic E-state index is 12.9. The number of carbonyl (C=O) groups excluding carboxylic acids is 1. The highest BCUT2D eigenvalue weighted by molar-refractivity contribution is 8.18. The van der Waals surface area contributed by atoms with E-state index in [1.54, 1.807) is 41.3 Å². The molecule has 1 aliphatic heterocycles. The van der Waals surface area contributed by atoms with E-state index >= 15 is 0 Å². The maximum Gasteiger partial charge on any atom is 0.270 e. The van der Waals surface area contributed by atoms with Crippen molar-refractivity contribution in [3.05, 3.63) is 100 Å². The lowest BCUT2D eigenvalue weighted by atomic mass is 10.1. The number of benzene rings is 2. The second kappa shape index (κ2) is 8.85. The molecule has 0 N–H and O–H groups in total. The standard InChI is InChI=1S/C23H17N3O4S/c1-2-13-25-22(27)21(31-23(25)24-17-8-4-3-5-9-17)15-19-11-12-20(30-19)16-7-6-10-18(14-16)26(28)29/h2-12,14-15H,1,13H2/b21-15+,24-23?. The highest BCUT2D eigenvalue weighted by atomic mass is 32.2. The van der Waals surface area contributed by atoms with Crippen LogP contribution in [0.25, 0.3) is 17.4 Å². The van der Waals surface area contributed by atoms with Gasteiger partial charge in [-0.2, -0.15) is 0 Å². The van der Waals surface area contributed by atoms with E-state index in [4.69, 9.17) is 4.42 Å². The topological polar surface area (TPSA) is 89.0 Å². The van der Waals surface area contributed by atoms with Crippen molar-refractivity contribution < 1.29 is 14.1 Å². The van der Waals surface area contributed by atoms with Gasteiger partial charge in [0.1, 0.15) is 11.5 Å². The normalized spacial score (nSPS) is 16.3. The molecule has 1 fully saturated rings. The van der Waals surface area contributed by atoms with Crippen LogP contribution in [0.15, 0.2) is 93.7 Å². The highest BCUT2D eigenvalue weighted by Crippen LogP contribution is 2.35. The van der Waals surface area contributed by atoms with E-state index in [9.17, 15) is 14.9 Å². The highest BCUT2D eigenvalue weighted by Gasteiger charge is 2.32. The van der Waals surface area contributed by atoms with Crippen molar-refractivity contribution in [3.63, 3.8) is 0 Å². The number of carbonyl (C=O) groups is 1. The zero-order chi connectivity index (χ0) is 21.8. The van der Waals surface area contributed by atoms with Crippen LogP contribution in [0.3, 0.4) is 0 Å². The summed E-state index contributed by atoms with van der Waals surface area (Å²) < 4.78 is 5.82. The first-order valence-corrected chi connectivity index (χ1v) is 10.2. The molecule has 1 amide bonds. The maximum atomic E-state index is 12.9. The molecule has 31 heavy (non-hydrogen) atoms. The number of aliphatic imine (C=N–C) groups is 1. The summed E-state index contributed by atoms with van der Waals surface area (Å²) in [5.74, 6) is 0.761. The van der Waals surface area contributed by atoms with Gasteiger partial charge in [0.05, 0.1) is 15.5 Å². The summed E-state index contributed by atoms with van der Waals surface area (Å²) >= 11 is 1.26. The van der Waals surface area contributed by atoms with Crippen LogP contribution in [0.5, 0.6) is 0 Å². The summed E-state index contributed by atoms with van der Waals surface area (Å²) in [6.45, 7) is 4.06. The number of nitrogens with zero attached hydrogens (tertiary/aromatic N) is 3. The number of non-ortho nitro benzene ring substituents is 1. The van der Waals surface area contributed by atoms with Crippen molar-refractivity contribution >= 4 is 40.3 Å². The Bertz CT molecular complexity index is 1210. The molecule has 4 rings (SSSR count). The average Bonchev–Trinajstić information content (AvgIpc) is 3.36. The predicted molar refractivity (Wildman–Crippen MR) is 122 cm³/mol. The van der Waals surface area contributed by atoms with E-state index in [-0.39, 0.29) is 11.6 Å². The Morgan fingerprint density at radius 2 is 1.94 bits per heavy atom. The number of para-hydroxylation sites is 1. The molecule has 2 heterocycles. The number of amides is 1. The van der Waals surface area contributed by atoms with Gasteiger partial charge in [-0.3, -0.25) is 19.8 Å². The van der Waals surface area contributed by atoms with Crippen molar-refractivity contribution in [3.8, 4) is 11.3 Å². The molecule has 0 atom stereocenters. The van der Waals surface area contributed by atoms with Gasteiger partial charge >= 0.3 is 0 Å². The van der Waals surface area contributed by atoms with Crippen LogP contribution >= 0.6 is 11.8 Å². The van der Waals surface area contributed by atoms with Gasteiger partial charge < -0.3 is 4.42 Å². The number of hydrogen-bond acceptors (Lipinski definition) is 6. The first-order valence-electron chi connectivity index (χ1n) is 9.36. The van der Waals surface area contributed by atoms with E-state index in [2.05, 4.69) is 11.6 Å². The van der Waals surface area contributed by atoms with E-state index in [1.165, 1.54) is 23.9 Å². The molecule has 2 aromatic carbocycles. The number of furan rings is 1. The third-order valence-electron chi connectivity index (χ3n) is 4.42. The van der Waals surface area contributed by atoms with Crippen LogP contribution in [-0.2, 0) is 4.79 Å². The number of amidine groups is 1. The Hall–Kier alpha value is -3.91. The van der Waals surface area contributed by atoms with Crippen LogP contribution in [0, 0.1) is 10.1 Å². The number of nitro groups is 1. The molecule has 3 aromatic rings. The van der Waals surface area contributed by atoms with Crippen molar-refractivity contribution in [2.45, 2.75) is 0 Å². The second-order valence-electron chi connectivity index (χ2n) is 6.55. The van der Waals surface area contributed by atoms with Crippen LogP contribution in [0.1, 0.15) is 5.76 Å². The Morgan fingerprint density at radius 1 is 1.13 bits per heavy atom. The molecular formula is C23H17N3O4S. The zero-order valence-corrected chi connectivity index (χ0v) is 17.1. The molecular weight excluding hydrogens is 414 g/mol. The molecule has 7 nitrogen and oxygen atoms in total. The third-order valence-corrected chi connectivity index (χ3v) is 5.43. The van der Waals surface area contributed by atoms with Crippen LogP contribution in [0.2, 0.25) is 0 Å². The minimum absolute atomic E-state index is 0.0165. The van der Waals surface area contributed by atoms with Crippen molar-refractivity contribution in [1.82, 2.24) is 4.90 Å². The number of nitro benzene ring substituents is 1. The summed E-state index contributed by atoms with van der Waals surface area (Å²) in [6.07, 6.45) is 3.30. The summed E-state index contributed by atoms with van der Waals surface area (Å²) in [5, 5.41) is 11.6. The number of hydrogen-bond donors (Lipinski definition) is 0. The quantitative estimate of drug-likeness (QED) is 0.218. The molecule has 1 aromatic heterocycles. The van der Waals surface area contributed by atoms with Gasteiger partial charge in [-0.25, -0.2) is 4.99 Å². The fraction of sp³-hybridized carbons (Fsp3) is 0.0435. The Morgan fingerprint density at radius 3 is 2.68 bits per heavy atom. The van der Waals surface area contributed by atoms with Crippen molar-refractivity contribution in [1.29, 1.82) is 0 Å². The lowest BCUT2D eigenvalue weighted by Crippen LogP contribution is -2.29. The van der Waals surface area contributed by atoms with Gasteiger partial charge in [-0.05, 0) is 36.0 Å². The second-order valence-corrected chi connectivity index (χ2v) is 7.56. The number of rotatable bonds is 6. The van der Waals surface area contributed by atoms with Crippen LogP contribution in [-0.4, -0.2) is 27.4 Å². The van der Waals surface area contributed by atoms with Gasteiger partial charge in [0.25, 0.3) is 11.6 Å². The van der Waals surface area contributed by atoms with Crippen molar-refractivity contribution in [2.75, 3.05) is 6.54 Å². The lowest BCUT2D eigenvalue weighted by Gasteiger charge is -2.12.